The van der Waals surface area contributed by atoms with Crippen molar-refractivity contribution in [1.29, 1.82) is 5.26 Å². The van der Waals surface area contributed by atoms with Crippen molar-refractivity contribution in [3.8, 4) is 6.07 Å². The second-order valence-corrected chi connectivity index (χ2v) is 4.12. The lowest BCUT2D eigenvalue weighted by atomic mass is 9.98. The molecule has 2 atom stereocenters. The number of carbonyl (C=O) groups excluding carboxylic acids is 1. The van der Waals surface area contributed by atoms with Gasteiger partial charge in [-0.1, -0.05) is 13.8 Å². The molecule has 1 heterocycles. The van der Waals surface area contributed by atoms with E-state index in [1.54, 1.807) is 0 Å². The molecule has 1 amide bonds. The number of nitrogens with zero attached hydrogens (tertiary/aromatic N) is 2. The van der Waals surface area contributed by atoms with Crippen molar-refractivity contribution < 1.29 is 4.79 Å². The fourth-order valence-corrected chi connectivity index (χ4v) is 1.93. The zero-order valence-electron chi connectivity index (χ0n) is 8.99. The van der Waals surface area contributed by atoms with Crippen LogP contribution in [0.1, 0.15) is 33.1 Å². The van der Waals surface area contributed by atoms with Crippen molar-refractivity contribution in [1.82, 2.24) is 4.90 Å². The van der Waals surface area contributed by atoms with Crippen molar-refractivity contribution in [3.05, 3.63) is 0 Å². The second-order valence-electron chi connectivity index (χ2n) is 4.12. The predicted molar refractivity (Wildman–Crippen MR) is 54.4 cm³/mol. The van der Waals surface area contributed by atoms with Crippen molar-refractivity contribution in [2.75, 3.05) is 13.1 Å². The van der Waals surface area contributed by atoms with Gasteiger partial charge in [-0.2, -0.15) is 5.26 Å². The average molecular weight is 194 g/mol. The number of amides is 1. The van der Waals surface area contributed by atoms with Crippen LogP contribution in [0, 0.1) is 23.2 Å². The van der Waals surface area contributed by atoms with E-state index < -0.39 is 5.92 Å². The molecule has 14 heavy (non-hydrogen) atoms. The van der Waals surface area contributed by atoms with E-state index in [0.29, 0.717) is 12.3 Å². The van der Waals surface area contributed by atoms with Crippen LogP contribution in [0.4, 0.5) is 0 Å². The summed E-state index contributed by atoms with van der Waals surface area (Å²) >= 11 is 0. The number of hydrogen-bond acceptors (Lipinski definition) is 2. The van der Waals surface area contributed by atoms with Crippen LogP contribution in [-0.2, 0) is 4.79 Å². The van der Waals surface area contributed by atoms with Gasteiger partial charge in [-0.3, -0.25) is 4.79 Å². The van der Waals surface area contributed by atoms with E-state index in [2.05, 4.69) is 13.0 Å². The molecule has 1 aliphatic rings. The lowest BCUT2D eigenvalue weighted by Gasteiger charge is -2.32. The number of rotatable bonds is 2. The number of hydrogen-bond donors (Lipinski definition) is 0. The normalized spacial score (nSPS) is 24.1. The van der Waals surface area contributed by atoms with Crippen LogP contribution >= 0.6 is 0 Å². The summed E-state index contributed by atoms with van der Waals surface area (Å²) in [5.41, 5.74) is 0. The van der Waals surface area contributed by atoms with Crippen molar-refractivity contribution in [2.45, 2.75) is 33.1 Å². The highest BCUT2D eigenvalue weighted by Crippen LogP contribution is 2.18. The van der Waals surface area contributed by atoms with Gasteiger partial charge in [0.1, 0.15) is 5.92 Å². The maximum absolute atomic E-state index is 11.8. The Bertz CT molecular complexity index is 244. The van der Waals surface area contributed by atoms with Gasteiger partial charge >= 0.3 is 0 Å². The van der Waals surface area contributed by atoms with Gasteiger partial charge in [-0.25, -0.2) is 0 Å². The molecule has 1 rings (SSSR count). The van der Waals surface area contributed by atoms with E-state index in [1.807, 2.05) is 11.8 Å². The minimum atomic E-state index is -0.430. The van der Waals surface area contributed by atoms with Gasteiger partial charge in [0.05, 0.1) is 6.07 Å². The zero-order chi connectivity index (χ0) is 10.6. The van der Waals surface area contributed by atoms with E-state index in [9.17, 15) is 4.79 Å². The van der Waals surface area contributed by atoms with E-state index in [-0.39, 0.29) is 5.91 Å². The van der Waals surface area contributed by atoms with Crippen LogP contribution in [0.15, 0.2) is 0 Å². The number of carbonyl (C=O) groups is 1. The first-order chi connectivity index (χ1) is 6.69. The number of piperidine rings is 1. The Morgan fingerprint density at radius 1 is 1.71 bits per heavy atom. The van der Waals surface area contributed by atoms with E-state index in [1.165, 1.54) is 6.42 Å². The third kappa shape index (κ3) is 2.47. The van der Waals surface area contributed by atoms with Gasteiger partial charge in [0.25, 0.3) is 0 Å². The molecule has 0 aromatic rings. The molecular weight excluding hydrogens is 176 g/mol. The SMILES string of the molecule is CCC(C#N)C(=O)N1CCCC(C)C1. The molecule has 0 aromatic carbocycles. The Hall–Kier alpha value is -1.04. The van der Waals surface area contributed by atoms with Gasteiger partial charge in [0, 0.05) is 13.1 Å². The molecule has 0 aliphatic carbocycles. The van der Waals surface area contributed by atoms with Gasteiger partial charge in [0.15, 0.2) is 0 Å². The Morgan fingerprint density at radius 3 is 2.93 bits per heavy atom. The highest BCUT2D eigenvalue weighted by Gasteiger charge is 2.26. The first-order valence-electron chi connectivity index (χ1n) is 5.37. The molecule has 1 saturated heterocycles. The summed E-state index contributed by atoms with van der Waals surface area (Å²) < 4.78 is 0. The molecule has 0 N–H and O–H groups in total. The predicted octanol–water partition coefficient (Wildman–Crippen LogP) is 1.79. The van der Waals surface area contributed by atoms with Crippen LogP contribution < -0.4 is 0 Å². The van der Waals surface area contributed by atoms with Gasteiger partial charge in [-0.15, -0.1) is 0 Å². The van der Waals surface area contributed by atoms with Crippen molar-refractivity contribution in [2.24, 2.45) is 11.8 Å². The molecular formula is C11H18N2O. The minimum Gasteiger partial charge on any atom is -0.341 e. The van der Waals surface area contributed by atoms with Crippen molar-refractivity contribution >= 4 is 5.91 Å². The molecule has 0 spiro atoms. The second kappa shape index (κ2) is 4.99. The van der Waals surface area contributed by atoms with E-state index in [4.69, 9.17) is 5.26 Å². The molecule has 78 valence electrons. The van der Waals surface area contributed by atoms with E-state index >= 15 is 0 Å². The third-order valence-electron chi connectivity index (χ3n) is 2.83. The molecule has 1 aliphatic heterocycles. The maximum Gasteiger partial charge on any atom is 0.239 e. The van der Waals surface area contributed by atoms with Crippen LogP contribution in [0.2, 0.25) is 0 Å². The summed E-state index contributed by atoms with van der Waals surface area (Å²) in [5.74, 6) is 0.186. The Labute approximate surface area is 85.7 Å². The number of likely N-dealkylation sites (tertiary alicyclic amines) is 1. The maximum atomic E-state index is 11.8. The first-order valence-corrected chi connectivity index (χ1v) is 5.37. The summed E-state index contributed by atoms with van der Waals surface area (Å²) in [4.78, 5) is 13.7. The molecule has 0 aromatic heterocycles. The highest BCUT2D eigenvalue weighted by atomic mass is 16.2. The summed E-state index contributed by atoms with van der Waals surface area (Å²) in [7, 11) is 0. The average Bonchev–Trinajstić information content (AvgIpc) is 2.19. The lowest BCUT2D eigenvalue weighted by Crippen LogP contribution is -2.42. The minimum absolute atomic E-state index is 0.0292. The lowest BCUT2D eigenvalue weighted by molar-refractivity contribution is -0.135. The third-order valence-corrected chi connectivity index (χ3v) is 2.83. The first kappa shape index (κ1) is 11.0. The van der Waals surface area contributed by atoms with Crippen LogP contribution in [0.25, 0.3) is 0 Å². The summed E-state index contributed by atoms with van der Waals surface area (Å²) in [6, 6.07) is 2.07. The molecule has 3 nitrogen and oxygen atoms in total. The molecule has 3 heteroatoms. The largest absolute Gasteiger partial charge is 0.341 e. The topological polar surface area (TPSA) is 44.1 Å². The summed E-state index contributed by atoms with van der Waals surface area (Å²) in [6.07, 6.45) is 2.90. The van der Waals surface area contributed by atoms with Crippen LogP contribution in [-0.4, -0.2) is 23.9 Å². The Balaban J connectivity index is 2.55. The highest BCUT2D eigenvalue weighted by molar-refractivity contribution is 5.81. The standard InChI is InChI=1S/C11H18N2O/c1-3-10(7-12)11(14)13-6-4-5-9(2)8-13/h9-10H,3-6,8H2,1-2H3. The fraction of sp³-hybridized carbons (Fsp3) is 0.818. The zero-order valence-corrected chi connectivity index (χ0v) is 8.99. The van der Waals surface area contributed by atoms with Crippen LogP contribution in [0.5, 0.6) is 0 Å². The Kier molecular flexibility index (Phi) is 3.94. The van der Waals surface area contributed by atoms with Crippen LogP contribution in [0.3, 0.4) is 0 Å². The molecule has 0 radical (unpaired) electrons. The fourth-order valence-electron chi connectivity index (χ4n) is 1.93. The molecule has 1 fully saturated rings. The smallest absolute Gasteiger partial charge is 0.239 e. The molecule has 0 bridgehead atoms. The van der Waals surface area contributed by atoms with Crippen molar-refractivity contribution in [3.63, 3.8) is 0 Å². The molecule has 0 saturated carbocycles. The van der Waals surface area contributed by atoms with Gasteiger partial charge in [-0.05, 0) is 25.2 Å². The van der Waals surface area contributed by atoms with E-state index in [0.717, 1.165) is 19.5 Å². The van der Waals surface area contributed by atoms with Gasteiger partial charge in [0.2, 0.25) is 5.91 Å². The van der Waals surface area contributed by atoms with Gasteiger partial charge < -0.3 is 4.90 Å². The monoisotopic (exact) mass is 194 g/mol. The Morgan fingerprint density at radius 2 is 2.43 bits per heavy atom. The quantitative estimate of drug-likeness (QED) is 0.672. The summed E-state index contributed by atoms with van der Waals surface area (Å²) in [5, 5.41) is 8.80. The number of nitriles is 1. The molecule has 2 unspecified atom stereocenters. The summed E-state index contributed by atoms with van der Waals surface area (Å²) in [6.45, 7) is 5.71.